The number of unbranched alkanes of at least 4 members (excludes halogenated alkanes) is 2. The molecule has 0 rings (SSSR count). The van der Waals surface area contributed by atoms with Gasteiger partial charge in [-0.2, -0.15) is 0 Å². The van der Waals surface area contributed by atoms with Crippen LogP contribution in [0.25, 0.3) is 0 Å². The van der Waals surface area contributed by atoms with Crippen molar-refractivity contribution in [2.75, 3.05) is 13.2 Å². The minimum Gasteiger partial charge on any atom is -0.449 e. The van der Waals surface area contributed by atoms with Crippen LogP contribution in [0.5, 0.6) is 0 Å². The molecule has 0 spiro atoms. The lowest BCUT2D eigenvalue weighted by atomic mass is 10.4. The Morgan fingerprint density at radius 1 is 0.933 bits per heavy atom. The maximum atomic E-state index is 10.9. The van der Waals surface area contributed by atoms with E-state index in [0.29, 0.717) is 13.2 Å². The van der Waals surface area contributed by atoms with Gasteiger partial charge in [-0.05, 0) is 12.8 Å². The zero-order valence-corrected chi connectivity index (χ0v) is 9.38. The summed E-state index contributed by atoms with van der Waals surface area (Å²) in [4.78, 5) is 21.9. The molecule has 2 amide bonds. The highest BCUT2D eigenvalue weighted by molar-refractivity contribution is 5.87. The number of carbonyl (C=O) groups excluding carboxylic acids is 2. The van der Waals surface area contributed by atoms with Gasteiger partial charge in [-0.15, -0.1) is 0 Å². The zero-order chi connectivity index (χ0) is 11.5. The third kappa shape index (κ3) is 9.05. The number of hydrogen-bond acceptors (Lipinski definition) is 4. The highest BCUT2D eigenvalue weighted by Crippen LogP contribution is 1.91. The van der Waals surface area contributed by atoms with E-state index in [0.717, 1.165) is 25.7 Å². The van der Waals surface area contributed by atoms with Crippen LogP contribution in [-0.4, -0.2) is 25.4 Å². The largest absolute Gasteiger partial charge is 0.449 e. The van der Waals surface area contributed by atoms with Gasteiger partial charge in [0.05, 0.1) is 13.2 Å². The highest BCUT2D eigenvalue weighted by Gasteiger charge is 2.08. The fraction of sp³-hybridized carbons (Fsp3) is 0.800. The van der Waals surface area contributed by atoms with Crippen molar-refractivity contribution in [1.82, 2.24) is 5.32 Å². The molecule has 0 aliphatic carbocycles. The topological polar surface area (TPSA) is 64.6 Å². The van der Waals surface area contributed by atoms with Gasteiger partial charge in [-0.1, -0.05) is 26.7 Å². The second-order valence-corrected chi connectivity index (χ2v) is 3.10. The van der Waals surface area contributed by atoms with Gasteiger partial charge in [0.15, 0.2) is 0 Å². The fourth-order valence-electron chi connectivity index (χ4n) is 0.774. The molecule has 0 aromatic heterocycles. The number of ether oxygens (including phenoxy) is 2. The predicted molar refractivity (Wildman–Crippen MR) is 55.6 cm³/mol. The van der Waals surface area contributed by atoms with E-state index < -0.39 is 12.2 Å². The van der Waals surface area contributed by atoms with Crippen molar-refractivity contribution in [3.05, 3.63) is 0 Å². The first-order valence-corrected chi connectivity index (χ1v) is 5.31. The van der Waals surface area contributed by atoms with Gasteiger partial charge in [0.25, 0.3) is 0 Å². The lowest BCUT2D eigenvalue weighted by Crippen LogP contribution is -2.32. The summed E-state index contributed by atoms with van der Waals surface area (Å²) in [5.74, 6) is 0. The standard InChI is InChI=1S/C10H19NO4/c1-3-5-7-14-9(12)11-10(13)15-8-6-4-2/h3-8H2,1-2H3,(H,11,12,13). The Hall–Kier alpha value is -1.26. The van der Waals surface area contributed by atoms with Crippen LogP contribution in [0, 0.1) is 0 Å². The lowest BCUT2D eigenvalue weighted by molar-refractivity contribution is 0.123. The molecule has 0 aliphatic rings. The second-order valence-electron chi connectivity index (χ2n) is 3.10. The Morgan fingerprint density at radius 2 is 1.33 bits per heavy atom. The molecule has 0 fully saturated rings. The van der Waals surface area contributed by atoms with E-state index >= 15 is 0 Å². The van der Waals surface area contributed by atoms with Crippen molar-refractivity contribution in [1.29, 1.82) is 0 Å². The van der Waals surface area contributed by atoms with Crippen molar-refractivity contribution in [2.24, 2.45) is 0 Å². The number of carbonyl (C=O) groups is 2. The highest BCUT2D eigenvalue weighted by atomic mass is 16.6. The van der Waals surface area contributed by atoms with Crippen LogP contribution in [0.15, 0.2) is 0 Å². The van der Waals surface area contributed by atoms with E-state index in [1.165, 1.54) is 0 Å². The van der Waals surface area contributed by atoms with Crippen LogP contribution < -0.4 is 5.32 Å². The van der Waals surface area contributed by atoms with Crippen LogP contribution in [0.3, 0.4) is 0 Å². The molecule has 15 heavy (non-hydrogen) atoms. The van der Waals surface area contributed by atoms with Crippen molar-refractivity contribution in [3.63, 3.8) is 0 Å². The minimum absolute atomic E-state index is 0.324. The molecule has 0 bridgehead atoms. The summed E-state index contributed by atoms with van der Waals surface area (Å²) >= 11 is 0. The Bertz CT molecular complexity index is 174. The lowest BCUT2D eigenvalue weighted by Gasteiger charge is -2.06. The van der Waals surface area contributed by atoms with Crippen LogP contribution >= 0.6 is 0 Å². The first-order valence-electron chi connectivity index (χ1n) is 5.31. The number of nitrogens with one attached hydrogen (secondary N) is 1. The molecule has 5 nitrogen and oxygen atoms in total. The molecule has 0 aliphatic heterocycles. The molecule has 0 unspecified atom stereocenters. The van der Waals surface area contributed by atoms with Crippen molar-refractivity contribution < 1.29 is 19.1 Å². The Labute approximate surface area is 90.1 Å². The van der Waals surface area contributed by atoms with Gasteiger partial charge in [-0.25, -0.2) is 14.9 Å². The Kier molecular flexibility index (Phi) is 8.52. The average Bonchev–Trinajstić information content (AvgIpc) is 2.18. The van der Waals surface area contributed by atoms with Gasteiger partial charge in [0.2, 0.25) is 0 Å². The molecule has 0 radical (unpaired) electrons. The molecule has 0 saturated heterocycles. The summed E-state index contributed by atoms with van der Waals surface area (Å²) in [6.07, 6.45) is 1.97. The number of hydrogen-bond donors (Lipinski definition) is 1. The Morgan fingerprint density at radius 3 is 1.67 bits per heavy atom. The van der Waals surface area contributed by atoms with Crippen molar-refractivity contribution in [2.45, 2.75) is 39.5 Å². The summed E-state index contributed by atoms with van der Waals surface area (Å²) < 4.78 is 9.42. The van der Waals surface area contributed by atoms with E-state index in [9.17, 15) is 9.59 Å². The molecule has 88 valence electrons. The number of rotatable bonds is 6. The van der Waals surface area contributed by atoms with Gasteiger partial charge >= 0.3 is 12.2 Å². The second kappa shape index (κ2) is 9.30. The molecular weight excluding hydrogens is 198 g/mol. The first-order chi connectivity index (χ1) is 7.20. The molecule has 0 aromatic carbocycles. The van der Waals surface area contributed by atoms with Gasteiger partial charge in [-0.3, -0.25) is 0 Å². The summed E-state index contributed by atoms with van der Waals surface area (Å²) in [6, 6.07) is 0. The van der Waals surface area contributed by atoms with E-state index in [-0.39, 0.29) is 0 Å². The monoisotopic (exact) mass is 217 g/mol. The molecule has 0 aromatic rings. The van der Waals surface area contributed by atoms with Gasteiger partial charge in [0.1, 0.15) is 0 Å². The third-order valence-corrected chi connectivity index (χ3v) is 1.67. The van der Waals surface area contributed by atoms with E-state index in [4.69, 9.17) is 9.47 Å². The van der Waals surface area contributed by atoms with Crippen molar-refractivity contribution in [3.8, 4) is 0 Å². The van der Waals surface area contributed by atoms with Crippen LogP contribution in [-0.2, 0) is 9.47 Å². The average molecular weight is 217 g/mol. The molecular formula is C10H19NO4. The summed E-state index contributed by atoms with van der Waals surface area (Å²) in [5.41, 5.74) is 0. The zero-order valence-electron chi connectivity index (χ0n) is 9.38. The minimum atomic E-state index is -0.745. The maximum Gasteiger partial charge on any atom is 0.416 e. The van der Waals surface area contributed by atoms with E-state index in [1.54, 1.807) is 0 Å². The molecule has 0 atom stereocenters. The van der Waals surface area contributed by atoms with Gasteiger partial charge in [0, 0.05) is 0 Å². The molecule has 5 heteroatoms. The predicted octanol–water partition coefficient (Wildman–Crippen LogP) is 2.45. The summed E-state index contributed by atoms with van der Waals surface area (Å²) in [5, 5.41) is 1.98. The van der Waals surface area contributed by atoms with E-state index in [1.807, 2.05) is 19.2 Å². The van der Waals surface area contributed by atoms with Crippen LogP contribution in [0.4, 0.5) is 9.59 Å². The fourth-order valence-corrected chi connectivity index (χ4v) is 0.774. The normalized spacial score (nSPS) is 9.47. The molecule has 0 saturated carbocycles. The SMILES string of the molecule is CCCCOC(=O)NC(=O)OCCCC. The number of amides is 2. The van der Waals surface area contributed by atoms with Gasteiger partial charge < -0.3 is 9.47 Å². The summed E-state index contributed by atoms with van der Waals surface area (Å²) in [6.45, 7) is 4.62. The van der Waals surface area contributed by atoms with Crippen molar-refractivity contribution >= 4 is 12.2 Å². The van der Waals surface area contributed by atoms with Crippen LogP contribution in [0.1, 0.15) is 39.5 Å². The van der Waals surface area contributed by atoms with Crippen LogP contribution in [0.2, 0.25) is 0 Å². The molecule has 0 heterocycles. The Balaban J connectivity index is 3.45. The smallest absolute Gasteiger partial charge is 0.416 e. The number of alkyl carbamates (subject to hydrolysis) is 2. The maximum absolute atomic E-state index is 10.9. The third-order valence-electron chi connectivity index (χ3n) is 1.67. The number of imide groups is 1. The first kappa shape index (κ1) is 13.7. The summed E-state index contributed by atoms with van der Waals surface area (Å²) in [7, 11) is 0. The molecule has 1 N–H and O–H groups in total. The van der Waals surface area contributed by atoms with E-state index in [2.05, 4.69) is 0 Å². The quantitative estimate of drug-likeness (QED) is 0.694.